The summed E-state index contributed by atoms with van der Waals surface area (Å²) in [5.74, 6) is 0.298. The maximum atomic E-state index is 11.4. The van der Waals surface area contributed by atoms with Crippen LogP contribution in [0, 0.1) is 0 Å². The van der Waals surface area contributed by atoms with Gasteiger partial charge in [-0.2, -0.15) is 0 Å². The molecule has 0 amide bonds. The van der Waals surface area contributed by atoms with Gasteiger partial charge in [-0.15, -0.1) is 4.52 Å². The first-order valence-corrected chi connectivity index (χ1v) is 16.8. The van der Waals surface area contributed by atoms with Gasteiger partial charge in [0.1, 0.15) is 62.1 Å². The lowest BCUT2D eigenvalue weighted by molar-refractivity contribution is -0.0940. The number of rotatable bonds is 10. The van der Waals surface area contributed by atoms with Crippen molar-refractivity contribution < 1.29 is 37.2 Å². The molecule has 4 unspecified atom stereocenters. The summed E-state index contributed by atoms with van der Waals surface area (Å²) in [7, 11) is -2.14. The molecule has 3 aliphatic rings. The van der Waals surface area contributed by atoms with Crippen LogP contribution in [0.3, 0.4) is 0 Å². The van der Waals surface area contributed by atoms with Gasteiger partial charge in [-0.05, 0) is 41.7 Å². The van der Waals surface area contributed by atoms with Gasteiger partial charge in [0.25, 0.3) is 0 Å². The van der Waals surface area contributed by atoms with Crippen LogP contribution >= 0.6 is 26.2 Å². The van der Waals surface area contributed by atoms with Crippen molar-refractivity contribution in [1.29, 1.82) is 0 Å². The highest BCUT2D eigenvalue weighted by Crippen LogP contribution is 2.49. The molecule has 7 atom stereocenters. The number of imidazole rings is 1. The predicted octanol–water partition coefficient (Wildman–Crippen LogP) is 2.62. The molecule has 5 heterocycles. The Kier molecular flexibility index (Phi) is 8.97. The number of nitrogens with two attached hydrogens (primary N) is 1. The highest BCUT2D eigenvalue weighted by Gasteiger charge is 2.43. The molecule has 2 fully saturated rings. The summed E-state index contributed by atoms with van der Waals surface area (Å²) < 4.78 is 47.6. The van der Waals surface area contributed by atoms with Gasteiger partial charge in [0.05, 0.1) is 25.6 Å². The molecule has 38 heavy (non-hydrogen) atoms. The van der Waals surface area contributed by atoms with E-state index < -0.39 is 32.4 Å². The molecular weight excluding hydrogens is 578 g/mol. The van der Waals surface area contributed by atoms with Gasteiger partial charge in [-0.1, -0.05) is 0 Å². The van der Waals surface area contributed by atoms with Crippen LogP contribution < -0.4 is 5.73 Å². The van der Waals surface area contributed by atoms with Crippen LogP contribution in [0.5, 0.6) is 0 Å². The Balaban J connectivity index is 1.17. The summed E-state index contributed by atoms with van der Waals surface area (Å²) in [6.07, 6.45) is 4.32. The second-order valence-corrected chi connectivity index (χ2v) is 13.7. The van der Waals surface area contributed by atoms with Crippen molar-refractivity contribution in [3.05, 3.63) is 24.4 Å². The Morgan fingerprint density at radius 1 is 1.29 bits per heavy atom. The van der Waals surface area contributed by atoms with Crippen LogP contribution in [0.1, 0.15) is 32.4 Å². The molecule has 2 aromatic rings. The van der Waals surface area contributed by atoms with E-state index in [-0.39, 0.29) is 25.5 Å². The van der Waals surface area contributed by atoms with Crippen LogP contribution in [-0.2, 0) is 44.2 Å². The molecule has 18 heteroatoms. The molecule has 0 aromatic carbocycles. The molecular formula is C20H29N6O8P2S2+. The molecule has 2 saturated heterocycles. The third kappa shape index (κ3) is 6.70. The fourth-order valence-corrected chi connectivity index (χ4v) is 6.58. The molecule has 208 valence electrons. The number of hydrogen-bond acceptors (Lipinski definition) is 13. The second-order valence-electron chi connectivity index (χ2n) is 9.15. The Morgan fingerprint density at radius 2 is 2.13 bits per heavy atom. The van der Waals surface area contributed by atoms with Gasteiger partial charge in [0, 0.05) is 12.6 Å². The highest BCUT2D eigenvalue weighted by molar-refractivity contribution is 8.39. The van der Waals surface area contributed by atoms with Crippen LogP contribution in [0.4, 0.5) is 5.82 Å². The smallest absolute Gasteiger partial charge is 0.382 e. The van der Waals surface area contributed by atoms with E-state index in [0.717, 1.165) is 5.57 Å². The number of nitrogen functional groups attached to an aromatic ring is 1. The largest absolute Gasteiger partial charge is 0.582 e. The molecule has 3 N–H and O–H groups in total. The Hall–Kier alpha value is -1.29. The monoisotopic (exact) mass is 607 g/mol. The third-order valence-corrected chi connectivity index (χ3v) is 8.63. The van der Waals surface area contributed by atoms with E-state index in [1.165, 1.54) is 6.33 Å². The second kappa shape index (κ2) is 12.1. The van der Waals surface area contributed by atoms with Gasteiger partial charge in [0.15, 0.2) is 11.5 Å². The number of ether oxygens (including phenoxy) is 3. The highest BCUT2D eigenvalue weighted by atomic mass is 32.7. The van der Waals surface area contributed by atoms with Crippen LogP contribution in [0.25, 0.3) is 11.2 Å². The lowest BCUT2D eigenvalue weighted by Gasteiger charge is -2.30. The maximum Gasteiger partial charge on any atom is 0.582 e. The molecule has 0 spiro atoms. The average molecular weight is 608 g/mol. The third-order valence-electron chi connectivity index (χ3n) is 6.33. The minimum absolute atomic E-state index is 0.0383. The quantitative estimate of drug-likeness (QED) is 0.266. The van der Waals surface area contributed by atoms with E-state index in [1.54, 1.807) is 10.9 Å². The van der Waals surface area contributed by atoms with E-state index in [0.29, 0.717) is 49.6 Å². The van der Waals surface area contributed by atoms with Crippen molar-refractivity contribution in [2.24, 2.45) is 0 Å². The van der Waals surface area contributed by atoms with Gasteiger partial charge >= 0.3 is 13.9 Å². The first kappa shape index (κ1) is 28.2. The zero-order valence-electron chi connectivity index (χ0n) is 20.4. The summed E-state index contributed by atoms with van der Waals surface area (Å²) in [4.78, 5) is 25.2. The van der Waals surface area contributed by atoms with E-state index in [1.807, 2.05) is 18.0 Å². The van der Waals surface area contributed by atoms with Gasteiger partial charge in [0.2, 0.25) is 0 Å². The van der Waals surface area contributed by atoms with Crippen molar-refractivity contribution >= 4 is 55.0 Å². The first-order valence-electron chi connectivity index (χ1n) is 11.9. The van der Waals surface area contributed by atoms with Gasteiger partial charge < -0.3 is 38.8 Å². The molecule has 14 nitrogen and oxygen atoms in total. The van der Waals surface area contributed by atoms with Crippen LogP contribution in [-0.4, -0.2) is 80.4 Å². The molecule has 0 aliphatic carbocycles. The summed E-state index contributed by atoms with van der Waals surface area (Å²) >= 11 is 9.10. The lowest BCUT2D eigenvalue weighted by atomic mass is 10.2. The molecule has 2 aromatic heterocycles. The normalized spacial score (nSPS) is 30.0. The lowest BCUT2D eigenvalue weighted by Crippen LogP contribution is -2.36. The number of hydrogen-bond donors (Lipinski definition) is 3. The average Bonchev–Trinajstić information content (AvgIpc) is 3.60. The number of thiol groups is 1. The zero-order chi connectivity index (χ0) is 26.9. The molecule has 0 radical (unpaired) electrons. The molecule has 0 bridgehead atoms. The summed E-state index contributed by atoms with van der Waals surface area (Å²) in [6.45, 7) is -0.843. The minimum atomic E-state index is -3.68. The topological polar surface area (TPSA) is 166 Å². The van der Waals surface area contributed by atoms with Crippen molar-refractivity contribution in [2.75, 3.05) is 32.3 Å². The van der Waals surface area contributed by atoms with Gasteiger partial charge in [-0.3, -0.25) is 4.57 Å². The summed E-state index contributed by atoms with van der Waals surface area (Å²) in [5.41, 5.74) is 8.01. The molecule has 0 saturated carbocycles. The van der Waals surface area contributed by atoms with Crippen molar-refractivity contribution in [3.63, 3.8) is 0 Å². The Bertz CT molecular complexity index is 1250. The molecule has 5 rings (SSSR count). The van der Waals surface area contributed by atoms with Crippen molar-refractivity contribution in [2.45, 2.75) is 57.0 Å². The number of aromatic nitrogens is 4. The summed E-state index contributed by atoms with van der Waals surface area (Å²) in [6, 6.07) is 0. The Labute approximate surface area is 230 Å². The Morgan fingerprint density at radius 3 is 2.92 bits per heavy atom. The maximum absolute atomic E-state index is 11.4. The first-order chi connectivity index (χ1) is 18.2. The fraction of sp³-hybridized carbons (Fsp3) is 0.650. The summed E-state index contributed by atoms with van der Waals surface area (Å²) in [5, 5.41) is 0. The fourth-order valence-electron chi connectivity index (χ4n) is 4.61. The van der Waals surface area contributed by atoms with E-state index in [9.17, 15) is 9.46 Å². The molecule has 3 aliphatic heterocycles. The number of anilines is 1. The van der Waals surface area contributed by atoms with Crippen LogP contribution in [0.15, 0.2) is 24.4 Å². The SMILES string of the molecule is CC1=CN(C2C[C@@H](OP(O)(=S)OC[C@@H]3CCC(n4cnc5c(N)ncnc54)O3)[C@@H](CO[P+](=O)S)O2)COC1. The van der Waals surface area contributed by atoms with Gasteiger partial charge in [-0.25, -0.2) is 15.0 Å². The van der Waals surface area contributed by atoms with E-state index in [2.05, 4.69) is 27.2 Å². The standard InChI is InChI=1S/C20H28N6O8P2S2/c1-12-5-25(11-29-6-12)17-4-14(15(33-17)8-30-35(27)37)34-36(28,38)31-7-13-2-3-16(32-13)26-10-24-18-19(21)22-9-23-20(18)26/h5,9-10,13-17H,2-4,6-8,11H2,1H3,(H3-,21,22,23,27,28,37,38)/p+1/t13-,14+,15+,16?,17?,36?/m0/s1. The van der Waals surface area contributed by atoms with Crippen molar-refractivity contribution in [3.8, 4) is 0 Å². The van der Waals surface area contributed by atoms with E-state index >= 15 is 0 Å². The zero-order valence-corrected chi connectivity index (χ0v) is 23.9. The predicted molar refractivity (Wildman–Crippen MR) is 142 cm³/mol. The minimum Gasteiger partial charge on any atom is -0.382 e. The number of nitrogens with zero attached hydrogens (tertiary/aromatic N) is 5. The van der Waals surface area contributed by atoms with E-state index in [4.69, 9.17) is 45.3 Å². The number of fused-ring (bicyclic) bond motifs is 1. The van der Waals surface area contributed by atoms with Crippen LogP contribution in [0.2, 0.25) is 0 Å². The van der Waals surface area contributed by atoms with Crippen molar-refractivity contribution in [1.82, 2.24) is 24.4 Å².